The highest BCUT2D eigenvalue weighted by atomic mass is 19.3. The molecule has 0 aromatic heterocycles. The van der Waals surface area contributed by atoms with Crippen molar-refractivity contribution < 1.29 is 31.8 Å². The zero-order valence-electron chi connectivity index (χ0n) is 12.2. The van der Waals surface area contributed by atoms with E-state index < -0.39 is 13.2 Å². The minimum Gasteiger partial charge on any atom is -0.435 e. The molecule has 24 heavy (non-hydrogen) atoms. The predicted octanol–water partition coefficient (Wildman–Crippen LogP) is 4.79. The molecule has 0 saturated carbocycles. The minimum absolute atomic E-state index is 0.0168. The van der Waals surface area contributed by atoms with Crippen LogP contribution >= 0.6 is 0 Å². The summed E-state index contributed by atoms with van der Waals surface area (Å²) in [6.07, 6.45) is 2.78. The fraction of sp³-hybridized carbons (Fsp3) is 0.118. The van der Waals surface area contributed by atoms with Crippen molar-refractivity contribution in [2.24, 2.45) is 0 Å². The van der Waals surface area contributed by atoms with Crippen molar-refractivity contribution in [2.75, 3.05) is 0 Å². The second kappa shape index (κ2) is 8.14. The summed E-state index contributed by atoms with van der Waals surface area (Å²) in [6.45, 7) is -5.83. The van der Waals surface area contributed by atoms with Crippen LogP contribution in [0.5, 0.6) is 11.5 Å². The van der Waals surface area contributed by atoms with Gasteiger partial charge in [-0.3, -0.25) is 4.79 Å². The number of hydrogen-bond donors (Lipinski definition) is 0. The summed E-state index contributed by atoms with van der Waals surface area (Å²) in [5.74, 6) is -0.366. The number of allylic oxidation sites excluding steroid dienone is 1. The molecule has 126 valence electrons. The number of carbonyl (C=O) groups is 1. The molecule has 0 unspecified atom stereocenters. The minimum atomic E-state index is -2.93. The van der Waals surface area contributed by atoms with Gasteiger partial charge in [0, 0.05) is 5.56 Å². The second-order valence-corrected chi connectivity index (χ2v) is 4.55. The lowest BCUT2D eigenvalue weighted by atomic mass is 10.1. The van der Waals surface area contributed by atoms with Crippen LogP contribution in [0.25, 0.3) is 6.08 Å². The highest BCUT2D eigenvalue weighted by molar-refractivity contribution is 6.06. The maximum Gasteiger partial charge on any atom is 0.387 e. The zero-order valence-corrected chi connectivity index (χ0v) is 12.2. The Kier molecular flexibility index (Phi) is 5.95. The summed E-state index contributed by atoms with van der Waals surface area (Å²) >= 11 is 0. The van der Waals surface area contributed by atoms with Gasteiger partial charge in [0.15, 0.2) is 5.78 Å². The Morgan fingerprint density at radius 3 is 1.71 bits per heavy atom. The third-order valence-electron chi connectivity index (χ3n) is 2.90. The fourth-order valence-corrected chi connectivity index (χ4v) is 1.83. The standard InChI is InChI=1S/C17H12F4O3/c18-16(19)23-13-6-1-11(2-7-13)3-10-15(22)12-4-8-14(9-5-12)24-17(20)21/h1-10,16-17H/b10-3+. The van der Waals surface area contributed by atoms with Crippen molar-refractivity contribution in [3.8, 4) is 11.5 Å². The van der Waals surface area contributed by atoms with Gasteiger partial charge in [0.25, 0.3) is 0 Å². The highest BCUT2D eigenvalue weighted by Gasteiger charge is 2.06. The number of halogens is 4. The molecular weight excluding hydrogens is 328 g/mol. The quantitative estimate of drug-likeness (QED) is 0.413. The van der Waals surface area contributed by atoms with Gasteiger partial charge in [0.1, 0.15) is 11.5 Å². The van der Waals surface area contributed by atoms with E-state index in [1.54, 1.807) is 0 Å². The predicted molar refractivity (Wildman–Crippen MR) is 79.5 cm³/mol. The van der Waals surface area contributed by atoms with Crippen molar-refractivity contribution >= 4 is 11.9 Å². The topological polar surface area (TPSA) is 35.5 Å². The number of carbonyl (C=O) groups excluding carboxylic acids is 1. The van der Waals surface area contributed by atoms with Crippen LogP contribution < -0.4 is 9.47 Å². The summed E-state index contributed by atoms with van der Waals surface area (Å²) in [7, 11) is 0. The van der Waals surface area contributed by atoms with E-state index in [1.807, 2.05) is 0 Å². The van der Waals surface area contributed by atoms with Crippen LogP contribution in [0.4, 0.5) is 17.6 Å². The zero-order chi connectivity index (χ0) is 17.5. The average Bonchev–Trinajstić information content (AvgIpc) is 2.53. The first-order chi connectivity index (χ1) is 11.4. The van der Waals surface area contributed by atoms with E-state index in [0.717, 1.165) is 0 Å². The molecule has 0 fully saturated rings. The average molecular weight is 340 g/mol. The Labute approximate surface area is 135 Å². The molecule has 2 aromatic rings. The van der Waals surface area contributed by atoms with Gasteiger partial charge in [-0.15, -0.1) is 0 Å². The van der Waals surface area contributed by atoms with Crippen LogP contribution in [0.15, 0.2) is 54.6 Å². The van der Waals surface area contributed by atoms with Crippen LogP contribution in [0.2, 0.25) is 0 Å². The summed E-state index contributed by atoms with van der Waals surface area (Å²) in [5.41, 5.74) is 0.910. The number of rotatable bonds is 7. The highest BCUT2D eigenvalue weighted by Crippen LogP contribution is 2.17. The molecule has 0 spiro atoms. The lowest BCUT2D eigenvalue weighted by Gasteiger charge is -2.04. The Bertz CT molecular complexity index is 695. The smallest absolute Gasteiger partial charge is 0.387 e. The van der Waals surface area contributed by atoms with Crippen molar-refractivity contribution in [1.29, 1.82) is 0 Å². The van der Waals surface area contributed by atoms with Crippen LogP contribution in [-0.2, 0) is 0 Å². The molecule has 0 aliphatic heterocycles. The van der Waals surface area contributed by atoms with E-state index in [9.17, 15) is 22.4 Å². The maximum atomic E-state index is 12.0. The SMILES string of the molecule is O=C(/C=C/c1ccc(OC(F)F)cc1)c1ccc(OC(F)F)cc1. The Morgan fingerprint density at radius 2 is 1.25 bits per heavy atom. The Morgan fingerprint density at radius 1 is 0.792 bits per heavy atom. The van der Waals surface area contributed by atoms with Crippen molar-refractivity contribution in [3.05, 3.63) is 65.7 Å². The molecule has 0 saturated heterocycles. The third kappa shape index (κ3) is 5.42. The molecule has 3 nitrogen and oxygen atoms in total. The first kappa shape index (κ1) is 17.5. The molecule has 0 atom stereocenters. The first-order valence-electron chi connectivity index (χ1n) is 6.76. The van der Waals surface area contributed by atoms with Gasteiger partial charge in [-0.2, -0.15) is 17.6 Å². The van der Waals surface area contributed by atoms with Gasteiger partial charge in [0.05, 0.1) is 0 Å². The molecule has 0 N–H and O–H groups in total. The Hall–Kier alpha value is -2.83. The van der Waals surface area contributed by atoms with Gasteiger partial charge in [-0.05, 0) is 48.0 Å². The van der Waals surface area contributed by atoms with Crippen molar-refractivity contribution in [3.63, 3.8) is 0 Å². The summed E-state index contributed by atoms with van der Waals surface area (Å²) in [6, 6.07) is 11.0. The molecule has 0 aliphatic rings. The number of alkyl halides is 4. The number of hydrogen-bond acceptors (Lipinski definition) is 3. The van der Waals surface area contributed by atoms with E-state index in [2.05, 4.69) is 9.47 Å². The van der Waals surface area contributed by atoms with E-state index in [-0.39, 0.29) is 17.3 Å². The normalized spacial score (nSPS) is 11.2. The lowest BCUT2D eigenvalue weighted by molar-refractivity contribution is -0.0505. The van der Waals surface area contributed by atoms with Crippen molar-refractivity contribution in [2.45, 2.75) is 13.2 Å². The van der Waals surface area contributed by atoms with Crippen LogP contribution in [0.3, 0.4) is 0 Å². The maximum absolute atomic E-state index is 12.0. The van der Waals surface area contributed by atoms with E-state index in [1.165, 1.54) is 60.7 Å². The van der Waals surface area contributed by atoms with Gasteiger partial charge in [0.2, 0.25) is 0 Å². The fourth-order valence-electron chi connectivity index (χ4n) is 1.83. The lowest BCUT2D eigenvalue weighted by Crippen LogP contribution is -2.02. The summed E-state index contributed by atoms with van der Waals surface area (Å²) in [5, 5.41) is 0. The second-order valence-electron chi connectivity index (χ2n) is 4.55. The van der Waals surface area contributed by atoms with Gasteiger partial charge < -0.3 is 9.47 Å². The summed E-state index contributed by atoms with van der Waals surface area (Å²) in [4.78, 5) is 12.0. The molecule has 7 heteroatoms. The van der Waals surface area contributed by atoms with Crippen LogP contribution in [-0.4, -0.2) is 19.0 Å². The molecular formula is C17H12F4O3. The molecule has 0 aliphatic carbocycles. The molecule has 0 heterocycles. The summed E-state index contributed by atoms with van der Waals surface area (Å²) < 4.78 is 56.5. The first-order valence-corrected chi connectivity index (χ1v) is 6.76. The number of benzene rings is 2. The monoisotopic (exact) mass is 340 g/mol. The van der Waals surface area contributed by atoms with E-state index in [0.29, 0.717) is 11.1 Å². The molecule has 0 bridgehead atoms. The van der Waals surface area contributed by atoms with Gasteiger partial charge >= 0.3 is 13.2 Å². The van der Waals surface area contributed by atoms with E-state index in [4.69, 9.17) is 0 Å². The molecule has 0 radical (unpaired) electrons. The largest absolute Gasteiger partial charge is 0.435 e. The Balaban J connectivity index is 1.99. The molecule has 2 rings (SSSR count). The van der Waals surface area contributed by atoms with Crippen molar-refractivity contribution in [1.82, 2.24) is 0 Å². The van der Waals surface area contributed by atoms with E-state index >= 15 is 0 Å². The third-order valence-corrected chi connectivity index (χ3v) is 2.90. The number of ketones is 1. The van der Waals surface area contributed by atoms with Crippen LogP contribution in [0, 0.1) is 0 Å². The molecule has 0 amide bonds. The van der Waals surface area contributed by atoms with Crippen LogP contribution in [0.1, 0.15) is 15.9 Å². The van der Waals surface area contributed by atoms with Gasteiger partial charge in [-0.25, -0.2) is 0 Å². The van der Waals surface area contributed by atoms with Gasteiger partial charge in [-0.1, -0.05) is 18.2 Å². The molecule has 2 aromatic carbocycles. The number of ether oxygens (including phenoxy) is 2.